The molecule has 4 rings (SSSR count). The monoisotopic (exact) mass is 591 g/mol. The van der Waals surface area contributed by atoms with E-state index < -0.39 is 24.4 Å². The van der Waals surface area contributed by atoms with Gasteiger partial charge in [-0.25, -0.2) is 0 Å². The van der Waals surface area contributed by atoms with Gasteiger partial charge < -0.3 is 34.5 Å². The number of nitrogens with two attached hydrogens (primary N) is 1. The van der Waals surface area contributed by atoms with Gasteiger partial charge in [0.1, 0.15) is 24.4 Å². The summed E-state index contributed by atoms with van der Waals surface area (Å²) in [7, 11) is 4.74. The van der Waals surface area contributed by atoms with E-state index in [0.717, 1.165) is 44.1 Å². The number of carbonyl (C=O) groups is 2. The maximum absolute atomic E-state index is 13.8. The summed E-state index contributed by atoms with van der Waals surface area (Å²) in [6.07, 6.45) is 9.53. The third-order valence-corrected chi connectivity index (χ3v) is 10.4. The van der Waals surface area contributed by atoms with Crippen LogP contribution < -0.4 is 5.73 Å². The van der Waals surface area contributed by atoms with Crippen molar-refractivity contribution in [2.24, 2.45) is 41.2 Å². The number of esters is 1. The van der Waals surface area contributed by atoms with Crippen LogP contribution in [-0.4, -0.2) is 87.5 Å². The van der Waals surface area contributed by atoms with Crippen LogP contribution in [0, 0.1) is 35.5 Å². The van der Waals surface area contributed by atoms with Gasteiger partial charge in [0, 0.05) is 39.2 Å². The van der Waals surface area contributed by atoms with E-state index in [1.54, 1.807) is 28.3 Å². The second kappa shape index (κ2) is 14.9. The van der Waals surface area contributed by atoms with Gasteiger partial charge in [-0.15, -0.1) is 0 Å². The zero-order valence-electron chi connectivity index (χ0n) is 26.3. The lowest BCUT2D eigenvalue weighted by atomic mass is 9.70. The number of rotatable bonds is 10. The van der Waals surface area contributed by atoms with E-state index in [-0.39, 0.29) is 60.1 Å². The minimum atomic E-state index is -0.728. The van der Waals surface area contributed by atoms with Gasteiger partial charge >= 0.3 is 5.97 Å². The second-order valence-corrected chi connectivity index (χ2v) is 12.9. The fourth-order valence-corrected chi connectivity index (χ4v) is 7.90. The first kappa shape index (κ1) is 33.3. The summed E-state index contributed by atoms with van der Waals surface area (Å²) in [5.74, 6) is 0.301. The molecule has 1 saturated heterocycles. The molecule has 4 aliphatic rings. The molecular weight excluding hydrogens is 538 g/mol. The highest BCUT2D eigenvalue weighted by Crippen LogP contribution is 2.54. The maximum atomic E-state index is 13.8. The van der Waals surface area contributed by atoms with E-state index in [1.165, 1.54) is 0 Å². The molecule has 2 fully saturated rings. The van der Waals surface area contributed by atoms with Crippen LogP contribution in [0.3, 0.4) is 0 Å². The van der Waals surface area contributed by atoms with Crippen LogP contribution in [-0.2, 0) is 33.3 Å². The van der Waals surface area contributed by atoms with Gasteiger partial charge in [-0.05, 0) is 74.7 Å². The van der Waals surface area contributed by atoms with Crippen molar-refractivity contribution in [2.45, 2.75) is 108 Å². The number of ketones is 1. The van der Waals surface area contributed by atoms with Crippen molar-refractivity contribution in [1.29, 1.82) is 0 Å². The Balaban J connectivity index is 1.49. The van der Waals surface area contributed by atoms with Crippen molar-refractivity contribution < 1.29 is 38.4 Å². The molecule has 1 heterocycles. The number of aliphatic hydroxyl groups excluding tert-OH is 1. The van der Waals surface area contributed by atoms with Crippen molar-refractivity contribution in [3.63, 3.8) is 0 Å². The fraction of sp³-hybridized carbons (Fsp3) is 0.818. The molecule has 1 aliphatic heterocycles. The summed E-state index contributed by atoms with van der Waals surface area (Å²) in [4.78, 5) is 26.9. The SMILES string of the molecule is CC[C@H]1CCCC(N)[C@@H](C)C(=O)C2=C[C@@H]3[C@@H](C=C[C@@H]4C[C@@H](OCC(OC)C(OC)C(OC)C(C)O)C[C@@H]34)[C@@H]2CC(=O)O1. The maximum Gasteiger partial charge on any atom is 0.306 e. The van der Waals surface area contributed by atoms with Gasteiger partial charge in [-0.2, -0.15) is 0 Å². The van der Waals surface area contributed by atoms with Crippen molar-refractivity contribution >= 4 is 11.8 Å². The van der Waals surface area contributed by atoms with Gasteiger partial charge in [0.25, 0.3) is 0 Å². The lowest BCUT2D eigenvalue weighted by Crippen LogP contribution is -2.48. The standard InChI is InChI=1S/C33H53NO8/c1-7-21-9-8-10-28(34)18(2)31(37)27-15-25-23(26(27)16-30(36)42-21)12-11-20-13-22(14-24(20)25)41-17-29(38-4)33(40-6)32(39-5)19(3)35/h11-12,15,18-26,28-29,32-33,35H,7-10,13-14,16-17,34H2,1-6H3/t18-,19?,20-,21+,22-,23-,24-,25-,26+,28?,29?,32?,33?/m1/s1. The molecule has 13 atom stereocenters. The summed E-state index contributed by atoms with van der Waals surface area (Å²) in [5.41, 5.74) is 7.28. The summed E-state index contributed by atoms with van der Waals surface area (Å²) in [5, 5.41) is 10.2. The Morgan fingerprint density at radius 1 is 1.05 bits per heavy atom. The molecule has 0 aromatic rings. The second-order valence-electron chi connectivity index (χ2n) is 12.9. The van der Waals surface area contributed by atoms with E-state index in [4.69, 9.17) is 29.4 Å². The first-order valence-corrected chi connectivity index (χ1v) is 15.9. The summed E-state index contributed by atoms with van der Waals surface area (Å²) in [6.45, 7) is 5.97. The Hall–Kier alpha value is -1.62. The van der Waals surface area contributed by atoms with Gasteiger partial charge in [0.05, 0.1) is 25.2 Å². The molecule has 9 nitrogen and oxygen atoms in total. The van der Waals surface area contributed by atoms with Crippen molar-refractivity contribution in [3.05, 3.63) is 23.8 Å². The molecule has 9 heteroatoms. The molecule has 3 aliphatic carbocycles. The number of fused-ring (bicyclic) bond motifs is 5. The first-order chi connectivity index (χ1) is 20.1. The smallest absolute Gasteiger partial charge is 0.306 e. The minimum absolute atomic E-state index is 0.0226. The van der Waals surface area contributed by atoms with Crippen LogP contribution in [0.2, 0.25) is 0 Å². The normalized spacial score (nSPS) is 38.2. The Bertz CT molecular complexity index is 981. The highest BCUT2D eigenvalue weighted by molar-refractivity contribution is 5.99. The molecule has 238 valence electrons. The molecular formula is C33H53NO8. The van der Waals surface area contributed by atoms with Crippen LogP contribution in [0.25, 0.3) is 0 Å². The Kier molecular flexibility index (Phi) is 11.8. The topological polar surface area (TPSA) is 127 Å². The van der Waals surface area contributed by atoms with Gasteiger partial charge in [0.15, 0.2) is 5.78 Å². The quantitative estimate of drug-likeness (QED) is 0.289. The lowest BCUT2D eigenvalue weighted by molar-refractivity contribution is -0.157. The Morgan fingerprint density at radius 3 is 2.43 bits per heavy atom. The number of aliphatic hydroxyl groups is 1. The molecule has 0 aromatic heterocycles. The minimum Gasteiger partial charge on any atom is -0.462 e. The number of hydrogen-bond donors (Lipinski definition) is 2. The third kappa shape index (κ3) is 7.19. The first-order valence-electron chi connectivity index (χ1n) is 15.9. The van der Waals surface area contributed by atoms with Gasteiger partial charge in [-0.1, -0.05) is 32.1 Å². The largest absolute Gasteiger partial charge is 0.462 e. The van der Waals surface area contributed by atoms with Gasteiger partial charge in [-0.3, -0.25) is 9.59 Å². The average Bonchev–Trinajstić information content (AvgIpc) is 3.55. The number of methoxy groups -OCH3 is 3. The number of ether oxygens (including phenoxy) is 5. The zero-order valence-corrected chi connectivity index (χ0v) is 26.3. The fourth-order valence-electron chi connectivity index (χ4n) is 7.90. The van der Waals surface area contributed by atoms with Crippen molar-refractivity contribution in [2.75, 3.05) is 27.9 Å². The Labute approximate surface area is 251 Å². The number of allylic oxidation sites excluding steroid dienone is 4. The highest BCUT2D eigenvalue weighted by Gasteiger charge is 2.50. The van der Waals surface area contributed by atoms with Crippen LogP contribution in [0.4, 0.5) is 0 Å². The molecule has 0 spiro atoms. The molecule has 5 unspecified atom stereocenters. The predicted octanol–water partition coefficient (Wildman–Crippen LogP) is 3.61. The molecule has 0 bridgehead atoms. The van der Waals surface area contributed by atoms with Crippen molar-refractivity contribution in [3.8, 4) is 0 Å². The number of Topliss-reactive ketones (excluding diaryl/α,β-unsaturated/α-hetero) is 1. The average molecular weight is 592 g/mol. The summed E-state index contributed by atoms with van der Waals surface area (Å²) < 4.78 is 29.1. The van der Waals surface area contributed by atoms with E-state index in [2.05, 4.69) is 18.2 Å². The van der Waals surface area contributed by atoms with Gasteiger partial charge in [0.2, 0.25) is 0 Å². The number of cyclic esters (lactones) is 1. The van der Waals surface area contributed by atoms with Crippen LogP contribution >= 0.6 is 0 Å². The molecule has 0 aromatic carbocycles. The van der Waals surface area contributed by atoms with E-state index in [9.17, 15) is 14.7 Å². The molecule has 0 amide bonds. The summed E-state index contributed by atoms with van der Waals surface area (Å²) in [6, 6.07) is -0.210. The number of hydrogen-bond acceptors (Lipinski definition) is 9. The van der Waals surface area contributed by atoms with Crippen LogP contribution in [0.1, 0.15) is 65.7 Å². The van der Waals surface area contributed by atoms with Crippen molar-refractivity contribution in [1.82, 2.24) is 0 Å². The third-order valence-electron chi connectivity index (χ3n) is 10.4. The van der Waals surface area contributed by atoms with E-state index >= 15 is 0 Å². The molecule has 3 N–H and O–H groups in total. The van der Waals surface area contributed by atoms with Crippen LogP contribution in [0.5, 0.6) is 0 Å². The number of carbonyl (C=O) groups excluding carboxylic acids is 2. The molecule has 0 radical (unpaired) electrons. The summed E-state index contributed by atoms with van der Waals surface area (Å²) >= 11 is 0. The van der Waals surface area contributed by atoms with E-state index in [1.807, 2.05) is 13.8 Å². The van der Waals surface area contributed by atoms with E-state index in [0.29, 0.717) is 18.4 Å². The Morgan fingerprint density at radius 2 is 1.79 bits per heavy atom. The molecule has 1 saturated carbocycles. The zero-order chi connectivity index (χ0) is 30.6. The lowest BCUT2D eigenvalue weighted by Gasteiger charge is -2.34. The predicted molar refractivity (Wildman–Crippen MR) is 159 cm³/mol. The molecule has 42 heavy (non-hydrogen) atoms. The highest BCUT2D eigenvalue weighted by atomic mass is 16.6. The van der Waals surface area contributed by atoms with Crippen LogP contribution in [0.15, 0.2) is 23.8 Å².